The van der Waals surface area contributed by atoms with E-state index in [0.29, 0.717) is 24.6 Å². The molecule has 152 valence electrons. The number of hydrogen-bond donors (Lipinski definition) is 1. The van der Waals surface area contributed by atoms with Crippen LogP contribution in [-0.2, 0) is 10.0 Å². The van der Waals surface area contributed by atoms with Crippen molar-refractivity contribution in [1.82, 2.24) is 4.31 Å². The average Bonchev–Trinajstić information content (AvgIpc) is 2.72. The SMILES string of the molecule is COc1cccc(OCCC[NH+]2CCN(S(=O)(=O)c3ccc(C)cc3)CC2)c1. The zero-order valence-electron chi connectivity index (χ0n) is 16.6. The average molecular weight is 406 g/mol. The molecule has 0 saturated carbocycles. The van der Waals surface area contributed by atoms with Crippen LogP contribution in [0, 0.1) is 6.92 Å². The van der Waals surface area contributed by atoms with Crippen LogP contribution in [0.1, 0.15) is 12.0 Å². The van der Waals surface area contributed by atoms with Crippen molar-refractivity contribution < 1.29 is 22.8 Å². The van der Waals surface area contributed by atoms with Crippen molar-refractivity contribution in [2.75, 3.05) is 46.4 Å². The van der Waals surface area contributed by atoms with Gasteiger partial charge in [-0.05, 0) is 31.2 Å². The molecular formula is C21H29N2O4S+. The molecule has 0 aliphatic carbocycles. The van der Waals surface area contributed by atoms with Gasteiger partial charge in [-0.1, -0.05) is 23.8 Å². The molecule has 1 aliphatic heterocycles. The third kappa shape index (κ3) is 5.25. The summed E-state index contributed by atoms with van der Waals surface area (Å²) in [7, 11) is -1.75. The van der Waals surface area contributed by atoms with Gasteiger partial charge in [0.2, 0.25) is 10.0 Å². The topological polar surface area (TPSA) is 60.3 Å². The third-order valence-electron chi connectivity index (χ3n) is 5.07. The Morgan fingerprint density at radius 1 is 1.04 bits per heavy atom. The highest BCUT2D eigenvalue weighted by molar-refractivity contribution is 7.89. The molecule has 0 unspecified atom stereocenters. The number of piperazine rings is 1. The van der Waals surface area contributed by atoms with Crippen LogP contribution in [0.4, 0.5) is 0 Å². The van der Waals surface area contributed by atoms with E-state index in [0.717, 1.165) is 43.1 Å². The molecule has 7 heteroatoms. The number of benzene rings is 2. The maximum absolute atomic E-state index is 12.8. The number of rotatable bonds is 8. The minimum absolute atomic E-state index is 0.383. The summed E-state index contributed by atoms with van der Waals surface area (Å²) < 4.78 is 38.1. The Morgan fingerprint density at radius 3 is 2.39 bits per heavy atom. The summed E-state index contributed by atoms with van der Waals surface area (Å²) in [5.74, 6) is 1.59. The number of quaternary nitrogens is 1. The largest absolute Gasteiger partial charge is 0.497 e. The van der Waals surface area contributed by atoms with Gasteiger partial charge in [0.15, 0.2) is 0 Å². The van der Waals surface area contributed by atoms with Crippen LogP contribution in [0.25, 0.3) is 0 Å². The minimum Gasteiger partial charge on any atom is -0.497 e. The van der Waals surface area contributed by atoms with Crippen molar-refractivity contribution in [3.8, 4) is 11.5 Å². The van der Waals surface area contributed by atoms with E-state index in [-0.39, 0.29) is 0 Å². The molecule has 28 heavy (non-hydrogen) atoms. The quantitative estimate of drug-likeness (QED) is 0.674. The molecule has 1 fully saturated rings. The Labute approximate surface area is 167 Å². The lowest BCUT2D eigenvalue weighted by Crippen LogP contribution is -3.14. The highest BCUT2D eigenvalue weighted by atomic mass is 32.2. The lowest BCUT2D eigenvalue weighted by molar-refractivity contribution is -0.903. The highest BCUT2D eigenvalue weighted by Crippen LogP contribution is 2.19. The standard InChI is InChI=1S/C21H28N2O4S/c1-18-7-9-21(10-8-18)28(24,25)23-14-12-22(13-15-23)11-4-16-27-20-6-3-5-19(17-20)26-2/h3,5-10,17H,4,11-16H2,1-2H3/p+1. The predicted molar refractivity (Wildman–Crippen MR) is 109 cm³/mol. The third-order valence-corrected chi connectivity index (χ3v) is 6.99. The fraction of sp³-hybridized carbons (Fsp3) is 0.429. The van der Waals surface area contributed by atoms with Crippen LogP contribution in [0.15, 0.2) is 53.4 Å². The molecule has 0 aromatic heterocycles. The van der Waals surface area contributed by atoms with E-state index in [9.17, 15) is 8.42 Å². The van der Waals surface area contributed by atoms with Crippen molar-refractivity contribution >= 4 is 10.0 Å². The number of sulfonamides is 1. The van der Waals surface area contributed by atoms with Gasteiger partial charge in [-0.25, -0.2) is 8.42 Å². The van der Waals surface area contributed by atoms with Crippen molar-refractivity contribution in [1.29, 1.82) is 0 Å². The van der Waals surface area contributed by atoms with Gasteiger partial charge < -0.3 is 14.4 Å². The summed E-state index contributed by atoms with van der Waals surface area (Å²) in [4.78, 5) is 1.80. The minimum atomic E-state index is -3.39. The summed E-state index contributed by atoms with van der Waals surface area (Å²) in [6.45, 7) is 6.33. The Bertz CT molecular complexity index is 860. The lowest BCUT2D eigenvalue weighted by atomic mass is 10.2. The zero-order valence-corrected chi connectivity index (χ0v) is 17.4. The van der Waals surface area contributed by atoms with Crippen LogP contribution >= 0.6 is 0 Å². The van der Waals surface area contributed by atoms with Crippen molar-refractivity contribution in [2.45, 2.75) is 18.2 Å². The number of aryl methyl sites for hydroxylation is 1. The molecular weight excluding hydrogens is 376 g/mol. The first kappa shape index (κ1) is 20.6. The van der Waals surface area contributed by atoms with Crippen LogP contribution in [0.2, 0.25) is 0 Å². The number of ether oxygens (including phenoxy) is 2. The second-order valence-electron chi connectivity index (χ2n) is 7.10. The van der Waals surface area contributed by atoms with Gasteiger partial charge in [0.05, 0.1) is 51.3 Å². The van der Waals surface area contributed by atoms with Gasteiger partial charge in [-0.15, -0.1) is 0 Å². The summed E-state index contributed by atoms with van der Waals surface area (Å²) >= 11 is 0. The maximum atomic E-state index is 12.8. The molecule has 0 radical (unpaired) electrons. The second kappa shape index (κ2) is 9.41. The van der Waals surface area contributed by atoms with Gasteiger partial charge in [-0.2, -0.15) is 4.31 Å². The Balaban J connectivity index is 1.42. The summed E-state index contributed by atoms with van der Waals surface area (Å²) in [5.41, 5.74) is 1.06. The van der Waals surface area contributed by atoms with Gasteiger partial charge in [0.25, 0.3) is 0 Å². The predicted octanol–water partition coefficient (Wildman–Crippen LogP) is 1.36. The monoisotopic (exact) mass is 405 g/mol. The van der Waals surface area contributed by atoms with Crippen molar-refractivity contribution in [3.05, 3.63) is 54.1 Å². The fourth-order valence-corrected chi connectivity index (χ4v) is 4.80. The highest BCUT2D eigenvalue weighted by Gasteiger charge is 2.30. The molecule has 1 heterocycles. The van der Waals surface area contributed by atoms with E-state index >= 15 is 0 Å². The molecule has 2 aromatic carbocycles. The van der Waals surface area contributed by atoms with Gasteiger partial charge in [-0.3, -0.25) is 0 Å². The Kier molecular flexibility index (Phi) is 6.93. The van der Waals surface area contributed by atoms with Crippen LogP contribution < -0.4 is 14.4 Å². The molecule has 0 bridgehead atoms. The van der Waals surface area contributed by atoms with Crippen LogP contribution in [-0.4, -0.2) is 59.2 Å². The lowest BCUT2D eigenvalue weighted by Gasteiger charge is -2.31. The number of hydrogen-bond acceptors (Lipinski definition) is 4. The summed E-state index contributed by atoms with van der Waals surface area (Å²) in [5, 5.41) is 0. The van der Waals surface area contributed by atoms with E-state index < -0.39 is 10.0 Å². The molecule has 1 N–H and O–H groups in total. The van der Waals surface area contributed by atoms with E-state index in [1.165, 1.54) is 4.90 Å². The molecule has 0 spiro atoms. The molecule has 3 rings (SSSR count). The van der Waals surface area contributed by atoms with Crippen LogP contribution in [0.3, 0.4) is 0 Å². The fourth-order valence-electron chi connectivity index (χ4n) is 3.36. The van der Waals surface area contributed by atoms with Crippen LogP contribution in [0.5, 0.6) is 11.5 Å². The number of nitrogens with zero attached hydrogens (tertiary/aromatic N) is 1. The first-order valence-corrected chi connectivity index (χ1v) is 11.1. The molecule has 1 aliphatic rings. The van der Waals surface area contributed by atoms with Gasteiger partial charge in [0.1, 0.15) is 11.5 Å². The number of nitrogens with one attached hydrogen (secondary N) is 1. The van der Waals surface area contributed by atoms with Gasteiger partial charge in [0, 0.05) is 12.5 Å². The molecule has 2 aromatic rings. The van der Waals surface area contributed by atoms with E-state index in [1.807, 2.05) is 43.3 Å². The summed E-state index contributed by atoms with van der Waals surface area (Å²) in [6.07, 6.45) is 0.928. The Morgan fingerprint density at radius 2 is 1.71 bits per heavy atom. The normalized spacial score (nSPS) is 16.1. The molecule has 0 atom stereocenters. The van der Waals surface area contributed by atoms with E-state index in [4.69, 9.17) is 9.47 Å². The molecule has 1 saturated heterocycles. The Hall–Kier alpha value is -2.09. The summed E-state index contributed by atoms with van der Waals surface area (Å²) in [6, 6.07) is 14.7. The smallest absolute Gasteiger partial charge is 0.243 e. The van der Waals surface area contributed by atoms with Crippen molar-refractivity contribution in [2.24, 2.45) is 0 Å². The maximum Gasteiger partial charge on any atom is 0.243 e. The molecule has 6 nitrogen and oxygen atoms in total. The zero-order chi connectivity index (χ0) is 20.0. The first-order valence-electron chi connectivity index (χ1n) is 9.66. The van der Waals surface area contributed by atoms with Crippen molar-refractivity contribution in [3.63, 3.8) is 0 Å². The first-order chi connectivity index (χ1) is 13.5. The molecule has 0 amide bonds. The number of methoxy groups -OCH3 is 1. The van der Waals surface area contributed by atoms with E-state index in [1.54, 1.807) is 23.5 Å². The van der Waals surface area contributed by atoms with E-state index in [2.05, 4.69) is 0 Å². The van der Waals surface area contributed by atoms with Gasteiger partial charge >= 0.3 is 0 Å². The second-order valence-corrected chi connectivity index (χ2v) is 9.04.